The lowest BCUT2D eigenvalue weighted by molar-refractivity contribution is -0.150. The second kappa shape index (κ2) is 12.9. The number of rotatable bonds is 11. The molecule has 2 aliphatic rings. The van der Waals surface area contributed by atoms with Crippen molar-refractivity contribution in [3.8, 4) is 5.75 Å². The SMILES string of the molecule is CCOC(=O)C1(NP(=O)(OC[C@H]2O[C@@H](n3cc(/C=C/Br)c(=O)[nH]c3=O)CC2O)Oc2ccc(F)cc2)CCCC1. The molecule has 40 heavy (non-hydrogen) atoms. The molecular weight excluding hydrogens is 616 g/mol. The molecule has 1 saturated carbocycles. The fourth-order valence-corrected chi connectivity index (χ4v) is 6.73. The third-order valence-corrected chi connectivity index (χ3v) is 8.58. The Hall–Kier alpha value is -2.61. The van der Waals surface area contributed by atoms with Crippen LogP contribution in [0.15, 0.2) is 45.0 Å². The average molecular weight is 646 g/mol. The molecule has 4 atom stereocenters. The van der Waals surface area contributed by atoms with Crippen molar-refractivity contribution in [2.24, 2.45) is 0 Å². The van der Waals surface area contributed by atoms with Crippen molar-refractivity contribution in [2.45, 2.75) is 63.0 Å². The molecule has 1 aromatic carbocycles. The van der Waals surface area contributed by atoms with Crippen molar-refractivity contribution < 1.29 is 37.4 Å². The Bertz CT molecular complexity index is 1390. The van der Waals surface area contributed by atoms with Gasteiger partial charge < -0.3 is 19.1 Å². The van der Waals surface area contributed by atoms with Gasteiger partial charge in [0.05, 0.1) is 24.9 Å². The summed E-state index contributed by atoms with van der Waals surface area (Å²) in [4.78, 5) is 41.0. The number of halogens is 2. The molecule has 0 spiro atoms. The van der Waals surface area contributed by atoms with Gasteiger partial charge in [0.2, 0.25) is 0 Å². The summed E-state index contributed by atoms with van der Waals surface area (Å²) in [6, 6.07) is 4.76. The Kier molecular flexibility index (Phi) is 9.80. The van der Waals surface area contributed by atoms with Gasteiger partial charge in [-0.25, -0.2) is 13.8 Å². The molecule has 3 N–H and O–H groups in total. The first-order valence-electron chi connectivity index (χ1n) is 12.7. The van der Waals surface area contributed by atoms with Crippen molar-refractivity contribution in [1.82, 2.24) is 14.6 Å². The van der Waals surface area contributed by atoms with Crippen molar-refractivity contribution in [2.75, 3.05) is 13.2 Å². The Balaban J connectivity index is 1.55. The molecule has 15 heteroatoms. The van der Waals surface area contributed by atoms with Crippen LogP contribution in [0, 0.1) is 5.82 Å². The molecule has 2 fully saturated rings. The quantitative estimate of drug-likeness (QED) is 0.244. The normalized spacial score (nSPS) is 23.8. The molecule has 4 rings (SSSR count). The van der Waals surface area contributed by atoms with Gasteiger partial charge in [0.25, 0.3) is 5.56 Å². The monoisotopic (exact) mass is 645 g/mol. The number of aliphatic hydroxyl groups excluding tert-OH is 1. The lowest BCUT2D eigenvalue weighted by atomic mass is 10.00. The largest absolute Gasteiger partial charge is 0.465 e. The summed E-state index contributed by atoms with van der Waals surface area (Å²) in [5.41, 5.74) is -2.48. The van der Waals surface area contributed by atoms with Crippen LogP contribution in [0.5, 0.6) is 5.75 Å². The number of aromatic amines is 1. The topological polar surface area (TPSA) is 158 Å². The summed E-state index contributed by atoms with van der Waals surface area (Å²) < 4.78 is 51.1. The van der Waals surface area contributed by atoms with Gasteiger partial charge in [-0.05, 0) is 55.1 Å². The predicted octanol–water partition coefficient (Wildman–Crippen LogP) is 3.36. The van der Waals surface area contributed by atoms with Crippen LogP contribution < -0.4 is 20.9 Å². The van der Waals surface area contributed by atoms with Gasteiger partial charge in [0.15, 0.2) is 0 Å². The number of carbonyl (C=O) groups excluding carboxylic acids is 1. The molecule has 0 amide bonds. The van der Waals surface area contributed by atoms with E-state index < -0.39 is 61.4 Å². The second-order valence-corrected chi connectivity index (χ2v) is 11.6. The summed E-state index contributed by atoms with van der Waals surface area (Å²) in [5, 5.41) is 13.4. The van der Waals surface area contributed by atoms with Crippen molar-refractivity contribution in [3.05, 3.63) is 67.7 Å². The first-order chi connectivity index (χ1) is 19.1. The number of aliphatic hydroxyl groups is 1. The highest BCUT2D eigenvalue weighted by molar-refractivity contribution is 9.11. The molecule has 1 saturated heterocycles. The maximum absolute atomic E-state index is 14.1. The Morgan fingerprint density at radius 1 is 1.32 bits per heavy atom. The number of carbonyl (C=O) groups is 1. The fraction of sp³-hybridized carbons (Fsp3) is 0.480. The van der Waals surface area contributed by atoms with Gasteiger partial charge in [-0.1, -0.05) is 28.8 Å². The van der Waals surface area contributed by atoms with Crippen molar-refractivity contribution in [1.29, 1.82) is 0 Å². The highest BCUT2D eigenvalue weighted by atomic mass is 79.9. The van der Waals surface area contributed by atoms with Crippen LogP contribution in [-0.4, -0.2) is 51.6 Å². The highest BCUT2D eigenvalue weighted by Gasteiger charge is 2.49. The fourth-order valence-electron chi connectivity index (χ4n) is 4.70. The number of H-pyrrole nitrogens is 1. The van der Waals surface area contributed by atoms with Gasteiger partial charge in [-0.3, -0.25) is 23.7 Å². The number of hydrogen-bond acceptors (Lipinski definition) is 9. The van der Waals surface area contributed by atoms with E-state index in [1.807, 2.05) is 0 Å². The van der Waals surface area contributed by atoms with Crippen LogP contribution in [0.1, 0.15) is 50.8 Å². The third-order valence-electron chi connectivity index (χ3n) is 6.67. The van der Waals surface area contributed by atoms with Gasteiger partial charge in [-0.15, -0.1) is 0 Å². The number of nitrogens with zero attached hydrogens (tertiary/aromatic N) is 1. The zero-order valence-electron chi connectivity index (χ0n) is 21.6. The average Bonchev–Trinajstić information content (AvgIpc) is 3.53. The Labute approximate surface area is 237 Å². The molecule has 2 heterocycles. The van der Waals surface area contributed by atoms with Crippen molar-refractivity contribution >= 4 is 35.7 Å². The summed E-state index contributed by atoms with van der Waals surface area (Å²) in [6.45, 7) is 1.33. The molecule has 1 aliphatic heterocycles. The predicted molar refractivity (Wildman–Crippen MR) is 145 cm³/mol. The number of ether oxygens (including phenoxy) is 2. The maximum atomic E-state index is 14.1. The summed E-state index contributed by atoms with van der Waals surface area (Å²) >= 11 is 3.08. The van der Waals surface area contributed by atoms with E-state index in [1.54, 1.807) is 6.92 Å². The molecule has 12 nitrogen and oxygen atoms in total. The molecule has 1 aromatic heterocycles. The zero-order chi connectivity index (χ0) is 28.9. The van der Waals surface area contributed by atoms with E-state index in [4.69, 9.17) is 18.5 Å². The van der Waals surface area contributed by atoms with Crippen LogP contribution in [-0.2, 0) is 23.4 Å². The van der Waals surface area contributed by atoms with Crippen LogP contribution in [0.25, 0.3) is 6.08 Å². The van der Waals surface area contributed by atoms with Gasteiger partial charge in [0, 0.05) is 12.6 Å². The minimum Gasteiger partial charge on any atom is -0.465 e. The van der Waals surface area contributed by atoms with Crippen LogP contribution in [0.2, 0.25) is 0 Å². The Morgan fingerprint density at radius 3 is 2.67 bits per heavy atom. The number of benzene rings is 1. The van der Waals surface area contributed by atoms with E-state index in [1.165, 1.54) is 29.4 Å². The first-order valence-corrected chi connectivity index (χ1v) is 15.2. The van der Waals surface area contributed by atoms with Crippen molar-refractivity contribution in [3.63, 3.8) is 0 Å². The maximum Gasteiger partial charge on any atom is 0.459 e. The zero-order valence-corrected chi connectivity index (χ0v) is 24.1. The number of nitrogens with one attached hydrogen (secondary N) is 2. The number of esters is 1. The van der Waals surface area contributed by atoms with E-state index in [-0.39, 0.29) is 24.3 Å². The first kappa shape index (κ1) is 30.4. The molecule has 0 radical (unpaired) electrons. The number of hydrogen-bond donors (Lipinski definition) is 3. The molecular formula is C25H30BrFN3O9P. The smallest absolute Gasteiger partial charge is 0.459 e. The summed E-state index contributed by atoms with van der Waals surface area (Å²) in [7, 11) is -4.35. The molecule has 2 aromatic rings. The third kappa shape index (κ3) is 6.99. The lowest BCUT2D eigenvalue weighted by Crippen LogP contribution is -2.50. The van der Waals surface area contributed by atoms with Crippen LogP contribution in [0.3, 0.4) is 0 Å². The van der Waals surface area contributed by atoms with Gasteiger partial charge in [-0.2, -0.15) is 5.09 Å². The summed E-state index contributed by atoms with van der Waals surface area (Å²) in [6.07, 6.45) is 1.58. The highest BCUT2D eigenvalue weighted by Crippen LogP contribution is 2.50. The second-order valence-electron chi connectivity index (χ2n) is 9.44. The molecule has 2 unspecified atom stereocenters. The Morgan fingerprint density at radius 2 is 2.02 bits per heavy atom. The van der Waals surface area contributed by atoms with E-state index in [0.29, 0.717) is 25.7 Å². The van der Waals surface area contributed by atoms with E-state index in [9.17, 15) is 28.4 Å². The van der Waals surface area contributed by atoms with Gasteiger partial charge in [0.1, 0.15) is 29.4 Å². The lowest BCUT2D eigenvalue weighted by Gasteiger charge is -2.32. The minimum absolute atomic E-state index is 0.0205. The number of aromatic nitrogens is 2. The molecule has 218 valence electrons. The van der Waals surface area contributed by atoms with E-state index in [2.05, 4.69) is 26.0 Å². The van der Waals surface area contributed by atoms with Crippen LogP contribution in [0.4, 0.5) is 4.39 Å². The van der Waals surface area contributed by atoms with Crippen LogP contribution >= 0.6 is 23.7 Å². The van der Waals surface area contributed by atoms with Gasteiger partial charge >= 0.3 is 19.4 Å². The standard InChI is InChI=1S/C25H30BrFN3O9P/c1-2-36-23(33)25(10-3-4-11-25)29-40(35,39-18-7-5-17(27)6-8-18)37-15-20-19(31)13-21(38-20)30-14-16(9-12-26)22(32)28-24(30)34/h5-9,12,14,19-21,31H,2-4,10-11,13,15H2,1H3,(H,29,35)(H,28,32,34)/b12-9+/t19?,20-,21-,40?/m1/s1. The van der Waals surface area contributed by atoms with E-state index in [0.717, 1.165) is 16.7 Å². The minimum atomic E-state index is -4.35. The van der Waals surface area contributed by atoms with E-state index >= 15 is 0 Å². The summed E-state index contributed by atoms with van der Waals surface area (Å²) in [5.74, 6) is -1.11. The molecule has 0 bridgehead atoms. The molecule has 1 aliphatic carbocycles.